The molecule has 0 aliphatic heterocycles. The molecule has 0 spiro atoms. The molecule has 0 N–H and O–H groups in total. The first-order chi connectivity index (χ1) is 5.15. The Kier molecular flexibility index (Phi) is 4.20. The quantitative estimate of drug-likeness (QED) is 0.614. The fraction of sp³-hybridized carbons (Fsp3) is 1.00. The van der Waals surface area contributed by atoms with Gasteiger partial charge in [-0.2, -0.15) is 0 Å². The summed E-state index contributed by atoms with van der Waals surface area (Å²) in [5.41, 5.74) is 0.0196. The van der Waals surface area contributed by atoms with Gasteiger partial charge >= 0.3 is 0 Å². The van der Waals surface area contributed by atoms with Crippen LogP contribution in [0.15, 0.2) is 0 Å². The molecule has 0 fully saturated rings. The Morgan fingerprint density at radius 2 is 1.42 bits per heavy atom. The molecule has 0 saturated carbocycles. The van der Waals surface area contributed by atoms with E-state index in [-0.39, 0.29) is 5.60 Å². The number of rotatable bonds is 3. The highest BCUT2D eigenvalue weighted by atomic mass is 31.1. The van der Waals surface area contributed by atoms with Crippen LogP contribution in [0.5, 0.6) is 0 Å². The molecule has 0 heterocycles. The second-order valence-corrected chi connectivity index (χ2v) is 7.12. The molecule has 1 unspecified atom stereocenters. The predicted molar refractivity (Wildman–Crippen MR) is 58.1 cm³/mol. The molecular formula is C10H23OP. The molecule has 12 heavy (non-hydrogen) atoms. The number of hydrogen-bond acceptors (Lipinski definition) is 1. The van der Waals surface area contributed by atoms with Crippen LogP contribution in [0.2, 0.25) is 0 Å². The van der Waals surface area contributed by atoms with Gasteiger partial charge in [-0.3, -0.25) is 0 Å². The molecule has 0 aliphatic carbocycles. The molecule has 0 saturated heterocycles. The van der Waals surface area contributed by atoms with E-state index in [4.69, 9.17) is 4.52 Å². The Hall–Kier alpha value is 0.390. The molecule has 0 bridgehead atoms. The average molecular weight is 190 g/mol. The summed E-state index contributed by atoms with van der Waals surface area (Å²) in [5, 5.41) is 0.298. The molecule has 2 heteroatoms. The summed E-state index contributed by atoms with van der Waals surface area (Å²) in [6, 6.07) is 0. The van der Waals surface area contributed by atoms with Gasteiger partial charge in [-0.1, -0.05) is 34.6 Å². The van der Waals surface area contributed by atoms with Crippen LogP contribution in [0.3, 0.4) is 0 Å². The molecule has 0 aromatic rings. The Labute approximate surface area is 79.1 Å². The zero-order valence-electron chi connectivity index (χ0n) is 9.49. The SMILES string of the molecule is CC(C)C(C)(C)OPC(C)(C)C. The molecule has 0 rings (SSSR count). The summed E-state index contributed by atoms with van der Waals surface area (Å²) in [4.78, 5) is 0. The largest absolute Gasteiger partial charge is 0.356 e. The van der Waals surface area contributed by atoms with Crippen molar-refractivity contribution in [3.05, 3.63) is 0 Å². The van der Waals surface area contributed by atoms with E-state index < -0.39 is 0 Å². The van der Waals surface area contributed by atoms with Crippen molar-refractivity contribution in [3.63, 3.8) is 0 Å². The lowest BCUT2D eigenvalue weighted by molar-refractivity contribution is 0.0762. The molecule has 0 aliphatic rings. The third-order valence-electron chi connectivity index (χ3n) is 2.01. The van der Waals surface area contributed by atoms with Gasteiger partial charge in [-0.15, -0.1) is 0 Å². The van der Waals surface area contributed by atoms with Crippen LogP contribution in [0, 0.1) is 5.92 Å². The normalized spacial score (nSPS) is 15.0. The van der Waals surface area contributed by atoms with Gasteiger partial charge in [0, 0.05) is 14.0 Å². The van der Waals surface area contributed by atoms with Crippen molar-refractivity contribution >= 4 is 8.81 Å². The monoisotopic (exact) mass is 190 g/mol. The fourth-order valence-corrected chi connectivity index (χ4v) is 1.21. The van der Waals surface area contributed by atoms with Crippen molar-refractivity contribution in [2.24, 2.45) is 5.92 Å². The smallest absolute Gasteiger partial charge is 0.0688 e. The highest BCUT2D eigenvalue weighted by molar-refractivity contribution is 7.34. The summed E-state index contributed by atoms with van der Waals surface area (Å²) in [5.74, 6) is 0.576. The topological polar surface area (TPSA) is 9.23 Å². The Bertz CT molecular complexity index is 133. The molecular weight excluding hydrogens is 167 g/mol. The van der Waals surface area contributed by atoms with Crippen molar-refractivity contribution in [3.8, 4) is 0 Å². The lowest BCUT2D eigenvalue weighted by Crippen LogP contribution is -2.29. The summed E-state index contributed by atoms with van der Waals surface area (Å²) in [6.07, 6.45) is 0. The molecule has 1 nitrogen and oxygen atoms in total. The fourth-order valence-electron chi connectivity index (χ4n) is 0.402. The molecule has 0 aromatic heterocycles. The first kappa shape index (κ1) is 12.4. The maximum absolute atomic E-state index is 5.88. The summed E-state index contributed by atoms with van der Waals surface area (Å²) in [6.45, 7) is 15.4. The van der Waals surface area contributed by atoms with Gasteiger partial charge in [0.05, 0.1) is 5.60 Å². The highest BCUT2D eigenvalue weighted by Gasteiger charge is 2.25. The predicted octanol–water partition coefficient (Wildman–Crippen LogP) is 3.83. The second kappa shape index (κ2) is 4.07. The van der Waals surface area contributed by atoms with Gasteiger partial charge in [-0.05, 0) is 19.8 Å². The average Bonchev–Trinajstić information content (AvgIpc) is 1.82. The number of hydrogen-bond donors (Lipinski definition) is 0. The summed E-state index contributed by atoms with van der Waals surface area (Å²) >= 11 is 0. The minimum Gasteiger partial charge on any atom is -0.356 e. The van der Waals surface area contributed by atoms with Crippen molar-refractivity contribution in [1.29, 1.82) is 0 Å². The Morgan fingerprint density at radius 3 is 1.67 bits per heavy atom. The third kappa shape index (κ3) is 5.11. The van der Waals surface area contributed by atoms with Crippen LogP contribution in [0.25, 0.3) is 0 Å². The Morgan fingerprint density at radius 1 is 1.00 bits per heavy atom. The molecule has 1 atom stereocenters. The van der Waals surface area contributed by atoms with Crippen LogP contribution in [0.4, 0.5) is 0 Å². The summed E-state index contributed by atoms with van der Waals surface area (Å²) in [7, 11) is 0.586. The Balaban J connectivity index is 3.93. The highest BCUT2D eigenvalue weighted by Crippen LogP contribution is 2.38. The van der Waals surface area contributed by atoms with E-state index in [1.807, 2.05) is 0 Å². The van der Waals surface area contributed by atoms with Gasteiger partial charge in [-0.25, -0.2) is 0 Å². The molecule has 74 valence electrons. The zero-order valence-corrected chi connectivity index (χ0v) is 10.5. The van der Waals surface area contributed by atoms with E-state index >= 15 is 0 Å². The van der Waals surface area contributed by atoms with Crippen LogP contribution in [0.1, 0.15) is 48.5 Å². The molecule has 0 aromatic carbocycles. The van der Waals surface area contributed by atoms with E-state index in [2.05, 4.69) is 48.5 Å². The van der Waals surface area contributed by atoms with Crippen LogP contribution >= 0.6 is 8.81 Å². The van der Waals surface area contributed by atoms with Crippen LogP contribution in [-0.4, -0.2) is 10.8 Å². The standard InChI is InChI=1S/C10H23OP/c1-8(2)10(6,7)11-12-9(3,4)5/h8,12H,1-7H3. The second-order valence-electron chi connectivity index (χ2n) is 5.21. The maximum atomic E-state index is 5.88. The van der Waals surface area contributed by atoms with Gasteiger partial charge in [0.2, 0.25) is 0 Å². The van der Waals surface area contributed by atoms with Crippen LogP contribution < -0.4 is 0 Å². The van der Waals surface area contributed by atoms with Gasteiger partial charge < -0.3 is 4.52 Å². The lowest BCUT2D eigenvalue weighted by atomic mass is 9.95. The van der Waals surface area contributed by atoms with Gasteiger partial charge in [0.1, 0.15) is 0 Å². The minimum atomic E-state index is 0.0196. The first-order valence-electron chi connectivity index (χ1n) is 4.60. The van der Waals surface area contributed by atoms with Crippen molar-refractivity contribution in [2.75, 3.05) is 0 Å². The molecule has 0 radical (unpaired) electrons. The van der Waals surface area contributed by atoms with Gasteiger partial charge in [0.15, 0.2) is 0 Å². The van der Waals surface area contributed by atoms with E-state index in [1.165, 1.54) is 0 Å². The van der Waals surface area contributed by atoms with E-state index in [1.54, 1.807) is 0 Å². The maximum Gasteiger partial charge on any atom is 0.0688 e. The van der Waals surface area contributed by atoms with E-state index in [9.17, 15) is 0 Å². The van der Waals surface area contributed by atoms with E-state index in [0.717, 1.165) is 0 Å². The summed E-state index contributed by atoms with van der Waals surface area (Å²) < 4.78 is 5.88. The zero-order chi connectivity index (χ0) is 9.99. The third-order valence-corrected chi connectivity index (χ3v) is 3.25. The molecule has 0 amide bonds. The minimum absolute atomic E-state index is 0.0196. The van der Waals surface area contributed by atoms with Gasteiger partial charge in [0.25, 0.3) is 0 Å². The first-order valence-corrected chi connectivity index (χ1v) is 5.51. The van der Waals surface area contributed by atoms with Crippen LogP contribution in [-0.2, 0) is 4.52 Å². The van der Waals surface area contributed by atoms with Crippen molar-refractivity contribution in [2.45, 2.75) is 59.2 Å². The van der Waals surface area contributed by atoms with Crippen molar-refractivity contribution in [1.82, 2.24) is 0 Å². The van der Waals surface area contributed by atoms with Crippen molar-refractivity contribution < 1.29 is 4.52 Å². The lowest BCUT2D eigenvalue weighted by Gasteiger charge is -2.32. The van der Waals surface area contributed by atoms with E-state index in [0.29, 0.717) is 19.9 Å².